The molecule has 1 aromatic rings. The summed E-state index contributed by atoms with van der Waals surface area (Å²) < 4.78 is 0. The largest absolute Gasteiger partial charge is 0.504 e. The zero-order valence-electron chi connectivity index (χ0n) is 20.5. The minimum absolute atomic E-state index is 0.0858. The summed E-state index contributed by atoms with van der Waals surface area (Å²) in [5.41, 5.74) is 0.0858. The molecule has 184 valence electrons. The fourth-order valence-corrected chi connectivity index (χ4v) is 4.29. The molecule has 0 aromatic heterocycles. The van der Waals surface area contributed by atoms with E-state index in [2.05, 4.69) is 6.92 Å². The average molecular weight is 449 g/mol. The van der Waals surface area contributed by atoms with Gasteiger partial charge in [0.1, 0.15) is 0 Å². The summed E-state index contributed by atoms with van der Waals surface area (Å²) in [4.78, 5) is 12.2. The van der Waals surface area contributed by atoms with E-state index in [0.717, 1.165) is 19.3 Å². The maximum Gasteiger partial charge on any atom is 0.201 e. The third-order valence-corrected chi connectivity index (χ3v) is 6.44. The molecular formula is C28H48O4. The van der Waals surface area contributed by atoms with E-state index in [1.165, 1.54) is 115 Å². The summed E-state index contributed by atoms with van der Waals surface area (Å²) in [6.07, 6.45) is 25.3. The number of hydrogen-bond donors (Lipinski definition) is 3. The van der Waals surface area contributed by atoms with Crippen LogP contribution in [0.4, 0.5) is 0 Å². The Bertz CT molecular complexity index is 612. The molecule has 0 radical (unpaired) electrons. The molecule has 0 amide bonds. The van der Waals surface area contributed by atoms with Crippen molar-refractivity contribution in [3.05, 3.63) is 17.7 Å². The lowest BCUT2D eigenvalue weighted by Gasteiger charge is -2.07. The SMILES string of the molecule is CCCCCCCCCCCCCCCCCCCCCC(=O)c1ccc(O)c(O)c1O. The van der Waals surface area contributed by atoms with Crippen LogP contribution in [0.3, 0.4) is 0 Å². The average Bonchev–Trinajstić information content (AvgIpc) is 2.79. The van der Waals surface area contributed by atoms with Crippen LogP contribution >= 0.6 is 0 Å². The first-order valence-electron chi connectivity index (χ1n) is 13.3. The summed E-state index contributed by atoms with van der Waals surface area (Å²) in [6, 6.07) is 2.60. The van der Waals surface area contributed by atoms with Gasteiger partial charge in [-0.05, 0) is 18.6 Å². The molecule has 0 saturated carbocycles. The van der Waals surface area contributed by atoms with Crippen LogP contribution in [0, 0.1) is 0 Å². The normalized spacial score (nSPS) is 11.2. The number of benzene rings is 1. The number of hydrogen-bond acceptors (Lipinski definition) is 4. The molecule has 0 heterocycles. The molecule has 0 unspecified atom stereocenters. The van der Waals surface area contributed by atoms with E-state index in [9.17, 15) is 20.1 Å². The Morgan fingerprint density at radius 2 is 0.938 bits per heavy atom. The van der Waals surface area contributed by atoms with Crippen molar-refractivity contribution >= 4 is 5.78 Å². The van der Waals surface area contributed by atoms with Gasteiger partial charge in [0, 0.05) is 6.42 Å². The highest BCUT2D eigenvalue weighted by Crippen LogP contribution is 2.37. The summed E-state index contributed by atoms with van der Waals surface area (Å²) in [5, 5.41) is 28.6. The second-order valence-electron chi connectivity index (χ2n) is 9.37. The summed E-state index contributed by atoms with van der Waals surface area (Å²) in [5.74, 6) is -1.75. The van der Waals surface area contributed by atoms with Crippen molar-refractivity contribution in [3.8, 4) is 17.2 Å². The van der Waals surface area contributed by atoms with Crippen LogP contribution in [0.25, 0.3) is 0 Å². The molecule has 0 bridgehead atoms. The molecular weight excluding hydrogens is 400 g/mol. The van der Waals surface area contributed by atoms with Crippen LogP contribution in [0.2, 0.25) is 0 Å². The Morgan fingerprint density at radius 1 is 0.562 bits per heavy atom. The molecule has 0 aliphatic rings. The lowest BCUT2D eigenvalue weighted by atomic mass is 10.0. The first kappa shape index (κ1) is 28.3. The van der Waals surface area contributed by atoms with Crippen LogP contribution in [-0.2, 0) is 0 Å². The summed E-state index contributed by atoms with van der Waals surface area (Å²) >= 11 is 0. The molecule has 0 aliphatic carbocycles. The van der Waals surface area contributed by atoms with Gasteiger partial charge in [-0.2, -0.15) is 0 Å². The highest BCUT2D eigenvalue weighted by atomic mass is 16.3. The molecule has 0 fully saturated rings. The van der Waals surface area contributed by atoms with Gasteiger partial charge < -0.3 is 15.3 Å². The number of ketones is 1. The van der Waals surface area contributed by atoms with Crippen LogP contribution in [0.5, 0.6) is 17.2 Å². The third-order valence-electron chi connectivity index (χ3n) is 6.44. The molecule has 0 saturated heterocycles. The van der Waals surface area contributed by atoms with Gasteiger partial charge in [0.05, 0.1) is 5.56 Å². The molecule has 4 heteroatoms. The molecule has 32 heavy (non-hydrogen) atoms. The maximum atomic E-state index is 12.2. The Hall–Kier alpha value is -1.71. The molecule has 0 spiro atoms. The molecule has 4 nitrogen and oxygen atoms in total. The van der Waals surface area contributed by atoms with Gasteiger partial charge in [-0.3, -0.25) is 4.79 Å². The predicted molar refractivity (Wildman–Crippen MR) is 134 cm³/mol. The van der Waals surface area contributed by atoms with Gasteiger partial charge in [-0.15, -0.1) is 0 Å². The van der Waals surface area contributed by atoms with E-state index in [1.54, 1.807) is 0 Å². The van der Waals surface area contributed by atoms with E-state index in [-0.39, 0.29) is 11.3 Å². The van der Waals surface area contributed by atoms with Crippen LogP contribution in [-0.4, -0.2) is 21.1 Å². The first-order chi connectivity index (χ1) is 15.6. The van der Waals surface area contributed by atoms with E-state index in [1.807, 2.05) is 0 Å². The number of carbonyl (C=O) groups is 1. The van der Waals surface area contributed by atoms with Gasteiger partial charge in [-0.1, -0.05) is 122 Å². The second kappa shape index (κ2) is 18.8. The number of phenols is 3. The van der Waals surface area contributed by atoms with E-state index in [4.69, 9.17) is 0 Å². The zero-order valence-corrected chi connectivity index (χ0v) is 20.5. The summed E-state index contributed by atoms with van der Waals surface area (Å²) in [6.45, 7) is 2.27. The van der Waals surface area contributed by atoms with Crippen molar-refractivity contribution in [2.24, 2.45) is 0 Å². The molecule has 3 N–H and O–H groups in total. The van der Waals surface area contributed by atoms with E-state index in [0.29, 0.717) is 6.42 Å². The van der Waals surface area contributed by atoms with Gasteiger partial charge in [0.15, 0.2) is 17.3 Å². The van der Waals surface area contributed by atoms with Crippen LogP contribution in [0.15, 0.2) is 12.1 Å². The number of phenolic OH excluding ortho intramolecular Hbond substituents is 3. The topological polar surface area (TPSA) is 77.8 Å². The van der Waals surface area contributed by atoms with E-state index >= 15 is 0 Å². The number of Topliss-reactive ketones (excluding diaryl/α,β-unsaturated/α-hetero) is 1. The smallest absolute Gasteiger partial charge is 0.201 e. The number of carbonyl (C=O) groups excluding carboxylic acids is 1. The third kappa shape index (κ3) is 13.0. The van der Waals surface area contributed by atoms with E-state index < -0.39 is 17.2 Å². The van der Waals surface area contributed by atoms with Gasteiger partial charge in [0.2, 0.25) is 5.75 Å². The first-order valence-corrected chi connectivity index (χ1v) is 13.3. The fourth-order valence-electron chi connectivity index (χ4n) is 4.29. The quantitative estimate of drug-likeness (QED) is 0.0997. The second-order valence-corrected chi connectivity index (χ2v) is 9.37. The Labute approximate surface area is 196 Å². The lowest BCUT2D eigenvalue weighted by Crippen LogP contribution is -1.99. The molecule has 1 aromatic carbocycles. The molecule has 1 rings (SSSR count). The van der Waals surface area contributed by atoms with Gasteiger partial charge in [0.25, 0.3) is 0 Å². The van der Waals surface area contributed by atoms with Crippen molar-refractivity contribution in [1.29, 1.82) is 0 Å². The Kier molecular flexibility index (Phi) is 16.7. The number of rotatable bonds is 21. The molecule has 0 atom stereocenters. The monoisotopic (exact) mass is 448 g/mol. The number of unbranched alkanes of at least 4 members (excludes halogenated alkanes) is 18. The highest BCUT2D eigenvalue weighted by molar-refractivity contribution is 5.99. The van der Waals surface area contributed by atoms with Gasteiger partial charge >= 0.3 is 0 Å². The van der Waals surface area contributed by atoms with Crippen molar-refractivity contribution in [3.63, 3.8) is 0 Å². The highest BCUT2D eigenvalue weighted by Gasteiger charge is 2.16. The predicted octanol–water partition coefficient (Wildman–Crippen LogP) is 8.81. The minimum Gasteiger partial charge on any atom is -0.504 e. The summed E-state index contributed by atoms with van der Waals surface area (Å²) in [7, 11) is 0. The van der Waals surface area contributed by atoms with Crippen molar-refractivity contribution in [2.45, 2.75) is 135 Å². The standard InChI is InChI=1S/C28H48O4/c1-2-3-4-5-6-7-8-9-10-11-12-13-14-15-16-17-18-19-20-21-25(29)24-22-23-26(30)28(32)27(24)31/h22-23,30-32H,2-21H2,1H3. The molecule has 0 aliphatic heterocycles. The van der Waals surface area contributed by atoms with Crippen molar-refractivity contribution in [2.75, 3.05) is 0 Å². The Balaban J connectivity index is 1.85. The maximum absolute atomic E-state index is 12.2. The van der Waals surface area contributed by atoms with Crippen molar-refractivity contribution in [1.82, 2.24) is 0 Å². The lowest BCUT2D eigenvalue weighted by molar-refractivity contribution is 0.0975. The fraction of sp³-hybridized carbons (Fsp3) is 0.750. The van der Waals surface area contributed by atoms with Crippen LogP contribution < -0.4 is 0 Å². The minimum atomic E-state index is -0.621. The van der Waals surface area contributed by atoms with Gasteiger partial charge in [-0.25, -0.2) is 0 Å². The number of aromatic hydroxyl groups is 3. The van der Waals surface area contributed by atoms with Crippen molar-refractivity contribution < 1.29 is 20.1 Å². The van der Waals surface area contributed by atoms with Crippen LogP contribution in [0.1, 0.15) is 146 Å². The zero-order chi connectivity index (χ0) is 23.4. The Morgan fingerprint density at radius 3 is 1.34 bits per heavy atom.